The van der Waals surface area contributed by atoms with Crippen LogP contribution in [0.25, 0.3) is 0 Å². The number of hydrogen-bond donors (Lipinski definition) is 2. The summed E-state index contributed by atoms with van der Waals surface area (Å²) in [4.78, 5) is 21.4. The van der Waals surface area contributed by atoms with Gasteiger partial charge in [0, 0.05) is 11.4 Å². The van der Waals surface area contributed by atoms with Crippen LogP contribution in [0.4, 0.5) is 17.3 Å². The van der Waals surface area contributed by atoms with Gasteiger partial charge in [-0.15, -0.1) is 0 Å². The van der Waals surface area contributed by atoms with E-state index in [1.807, 2.05) is 63.2 Å². The van der Waals surface area contributed by atoms with Crippen LogP contribution in [0.5, 0.6) is 5.75 Å². The number of benzene rings is 2. The van der Waals surface area contributed by atoms with Crippen LogP contribution in [0.2, 0.25) is 0 Å². The fourth-order valence-corrected chi connectivity index (χ4v) is 2.54. The van der Waals surface area contributed by atoms with Crippen LogP contribution < -0.4 is 15.4 Å². The van der Waals surface area contributed by atoms with E-state index in [2.05, 4.69) is 20.6 Å². The highest BCUT2D eigenvalue weighted by molar-refractivity contribution is 6.03. The first-order valence-electron chi connectivity index (χ1n) is 8.77. The van der Waals surface area contributed by atoms with Gasteiger partial charge in [-0.2, -0.15) is 0 Å². The first-order chi connectivity index (χ1) is 13.0. The van der Waals surface area contributed by atoms with Crippen molar-refractivity contribution in [2.75, 3.05) is 17.2 Å². The van der Waals surface area contributed by atoms with Crippen molar-refractivity contribution < 1.29 is 9.53 Å². The second-order valence-corrected chi connectivity index (χ2v) is 6.09. The molecule has 6 heteroatoms. The lowest BCUT2D eigenvalue weighted by molar-refractivity contribution is 0.102. The first kappa shape index (κ1) is 18.4. The monoisotopic (exact) mass is 362 g/mol. The van der Waals surface area contributed by atoms with E-state index < -0.39 is 0 Å². The van der Waals surface area contributed by atoms with Gasteiger partial charge in [-0.25, -0.2) is 9.97 Å². The van der Waals surface area contributed by atoms with Gasteiger partial charge in [0.2, 0.25) is 5.95 Å². The number of nitrogens with zero attached hydrogens (tertiary/aromatic N) is 2. The topological polar surface area (TPSA) is 76.1 Å². The normalized spacial score (nSPS) is 10.3. The highest BCUT2D eigenvalue weighted by Gasteiger charge is 2.13. The molecule has 0 aliphatic carbocycles. The second-order valence-electron chi connectivity index (χ2n) is 6.09. The minimum absolute atomic E-state index is 0.281. The molecular weight excluding hydrogens is 340 g/mol. The summed E-state index contributed by atoms with van der Waals surface area (Å²) < 4.78 is 5.55. The molecule has 0 saturated heterocycles. The van der Waals surface area contributed by atoms with Crippen LogP contribution in [0, 0.1) is 13.8 Å². The summed E-state index contributed by atoms with van der Waals surface area (Å²) in [6.07, 6.45) is 0. The Bertz CT molecular complexity index is 939. The number of aryl methyl sites for hydroxylation is 2. The molecule has 3 aromatic rings. The molecule has 0 saturated carbocycles. The Balaban J connectivity index is 1.81. The number of aromatic nitrogens is 2. The highest BCUT2D eigenvalue weighted by atomic mass is 16.5. The smallest absolute Gasteiger partial charge is 0.274 e. The van der Waals surface area contributed by atoms with Gasteiger partial charge < -0.3 is 15.4 Å². The standard InChI is InChI=1S/C21H22N4O2/c1-4-27-19-8-6-5-7-17(19)24-20(26)18-13-15(3)22-21(25-18)23-16-11-9-14(2)10-12-16/h5-13H,4H2,1-3H3,(H,24,26)(H,22,23,25). The van der Waals surface area contributed by atoms with E-state index in [1.54, 1.807) is 12.1 Å². The molecule has 138 valence electrons. The maximum atomic E-state index is 12.7. The van der Waals surface area contributed by atoms with Crippen LogP contribution in [0.3, 0.4) is 0 Å². The van der Waals surface area contributed by atoms with Crippen molar-refractivity contribution in [1.82, 2.24) is 9.97 Å². The number of anilines is 3. The van der Waals surface area contributed by atoms with E-state index in [-0.39, 0.29) is 11.6 Å². The van der Waals surface area contributed by atoms with Gasteiger partial charge in [-0.05, 0) is 51.1 Å². The Morgan fingerprint density at radius 1 is 1.04 bits per heavy atom. The van der Waals surface area contributed by atoms with Crippen LogP contribution in [0.1, 0.15) is 28.7 Å². The average molecular weight is 362 g/mol. The van der Waals surface area contributed by atoms with Crippen molar-refractivity contribution in [3.05, 3.63) is 71.5 Å². The van der Waals surface area contributed by atoms with E-state index >= 15 is 0 Å². The van der Waals surface area contributed by atoms with Crippen LogP contribution >= 0.6 is 0 Å². The van der Waals surface area contributed by atoms with Gasteiger partial charge in [-0.1, -0.05) is 29.8 Å². The molecular formula is C21H22N4O2. The zero-order valence-electron chi connectivity index (χ0n) is 15.6. The summed E-state index contributed by atoms with van der Waals surface area (Å²) in [7, 11) is 0. The Hall–Kier alpha value is -3.41. The molecule has 1 aromatic heterocycles. The van der Waals surface area contributed by atoms with E-state index in [9.17, 15) is 4.79 Å². The predicted octanol–water partition coefficient (Wildman–Crippen LogP) is 4.49. The minimum atomic E-state index is -0.320. The van der Waals surface area contributed by atoms with Crippen molar-refractivity contribution in [2.24, 2.45) is 0 Å². The van der Waals surface area contributed by atoms with Crippen molar-refractivity contribution in [3.63, 3.8) is 0 Å². The molecule has 0 radical (unpaired) electrons. The SMILES string of the molecule is CCOc1ccccc1NC(=O)c1cc(C)nc(Nc2ccc(C)cc2)n1. The molecule has 0 aliphatic heterocycles. The van der Waals surface area contributed by atoms with Gasteiger partial charge in [0.15, 0.2) is 0 Å². The molecule has 0 unspecified atom stereocenters. The predicted molar refractivity (Wildman–Crippen MR) is 107 cm³/mol. The first-order valence-corrected chi connectivity index (χ1v) is 8.77. The van der Waals surface area contributed by atoms with E-state index in [1.165, 1.54) is 5.56 Å². The zero-order valence-corrected chi connectivity index (χ0v) is 15.6. The van der Waals surface area contributed by atoms with Gasteiger partial charge in [0.05, 0.1) is 12.3 Å². The quantitative estimate of drug-likeness (QED) is 0.676. The molecule has 2 aromatic carbocycles. The molecule has 6 nitrogen and oxygen atoms in total. The molecule has 0 spiro atoms. The highest BCUT2D eigenvalue weighted by Crippen LogP contribution is 2.24. The number of carbonyl (C=O) groups excluding carboxylic acids is 1. The summed E-state index contributed by atoms with van der Waals surface area (Å²) in [5.74, 6) is 0.679. The third kappa shape index (κ3) is 4.82. The molecule has 2 N–H and O–H groups in total. The lowest BCUT2D eigenvalue weighted by atomic mass is 10.2. The van der Waals surface area contributed by atoms with Crippen molar-refractivity contribution in [2.45, 2.75) is 20.8 Å². The number of amides is 1. The van der Waals surface area contributed by atoms with Gasteiger partial charge in [0.25, 0.3) is 5.91 Å². The lowest BCUT2D eigenvalue weighted by Crippen LogP contribution is -2.16. The minimum Gasteiger partial charge on any atom is -0.492 e. The number of para-hydroxylation sites is 2. The maximum absolute atomic E-state index is 12.7. The largest absolute Gasteiger partial charge is 0.492 e. The second kappa shape index (κ2) is 8.31. The van der Waals surface area contributed by atoms with E-state index in [0.717, 1.165) is 5.69 Å². The number of hydrogen-bond acceptors (Lipinski definition) is 5. The van der Waals surface area contributed by atoms with E-state index in [0.29, 0.717) is 29.7 Å². The number of ether oxygens (including phenoxy) is 1. The van der Waals surface area contributed by atoms with Gasteiger partial charge in [-0.3, -0.25) is 4.79 Å². The molecule has 0 fully saturated rings. The fraction of sp³-hybridized carbons (Fsp3) is 0.190. The summed E-state index contributed by atoms with van der Waals surface area (Å²) in [5, 5.41) is 5.99. The molecule has 27 heavy (non-hydrogen) atoms. The Labute approximate surface area is 158 Å². The molecule has 0 bridgehead atoms. The van der Waals surface area contributed by atoms with Gasteiger partial charge >= 0.3 is 0 Å². The van der Waals surface area contributed by atoms with Crippen LogP contribution in [-0.4, -0.2) is 22.5 Å². The lowest BCUT2D eigenvalue weighted by Gasteiger charge is -2.12. The maximum Gasteiger partial charge on any atom is 0.274 e. The summed E-state index contributed by atoms with van der Waals surface area (Å²) in [5.41, 5.74) is 3.61. The third-order valence-electron chi connectivity index (χ3n) is 3.83. The summed E-state index contributed by atoms with van der Waals surface area (Å²) in [6.45, 7) is 6.27. The van der Waals surface area contributed by atoms with Crippen LogP contribution in [0.15, 0.2) is 54.6 Å². The van der Waals surface area contributed by atoms with Crippen molar-refractivity contribution in [1.29, 1.82) is 0 Å². The molecule has 3 rings (SSSR count). The van der Waals surface area contributed by atoms with Crippen LogP contribution in [-0.2, 0) is 0 Å². The number of rotatable bonds is 6. The Morgan fingerprint density at radius 3 is 2.52 bits per heavy atom. The third-order valence-corrected chi connectivity index (χ3v) is 3.83. The number of carbonyl (C=O) groups is 1. The Morgan fingerprint density at radius 2 is 1.78 bits per heavy atom. The van der Waals surface area contributed by atoms with Crippen molar-refractivity contribution in [3.8, 4) is 5.75 Å². The van der Waals surface area contributed by atoms with Gasteiger partial charge in [0.1, 0.15) is 11.4 Å². The molecule has 1 amide bonds. The molecule has 0 atom stereocenters. The average Bonchev–Trinajstić information content (AvgIpc) is 2.65. The fourth-order valence-electron chi connectivity index (χ4n) is 2.54. The van der Waals surface area contributed by atoms with Crippen molar-refractivity contribution >= 4 is 23.2 Å². The summed E-state index contributed by atoms with van der Waals surface area (Å²) in [6, 6.07) is 16.8. The summed E-state index contributed by atoms with van der Waals surface area (Å²) >= 11 is 0. The zero-order chi connectivity index (χ0) is 19.2. The Kier molecular flexibility index (Phi) is 5.66. The van der Waals surface area contributed by atoms with E-state index in [4.69, 9.17) is 4.74 Å². The number of nitrogens with one attached hydrogen (secondary N) is 2. The molecule has 1 heterocycles. The molecule has 0 aliphatic rings.